The van der Waals surface area contributed by atoms with Crippen molar-refractivity contribution in [2.45, 2.75) is 20.8 Å². The van der Waals surface area contributed by atoms with Crippen molar-refractivity contribution in [1.82, 2.24) is 0 Å². The summed E-state index contributed by atoms with van der Waals surface area (Å²) in [6.45, 7) is 6.58. The molecule has 0 radical (unpaired) electrons. The van der Waals surface area contributed by atoms with Crippen LogP contribution in [0, 0.1) is 11.8 Å². The zero-order valence-electron chi connectivity index (χ0n) is 7.46. The van der Waals surface area contributed by atoms with E-state index in [9.17, 15) is 4.79 Å². The van der Waals surface area contributed by atoms with E-state index < -0.39 is 0 Å². The Morgan fingerprint density at radius 1 is 1.45 bits per heavy atom. The molecule has 3 nitrogen and oxygen atoms in total. The van der Waals surface area contributed by atoms with Crippen molar-refractivity contribution in [2.24, 2.45) is 17.6 Å². The van der Waals surface area contributed by atoms with Crippen LogP contribution in [0.25, 0.3) is 0 Å². The summed E-state index contributed by atoms with van der Waals surface area (Å²) < 4.78 is 4.85. The van der Waals surface area contributed by atoms with Crippen LogP contribution in [0.15, 0.2) is 0 Å². The Hall–Kier alpha value is -0.570. The number of hydrogen-bond donors (Lipinski definition) is 1. The molecule has 0 amide bonds. The minimum absolute atomic E-state index is 0.0263. The number of rotatable bonds is 4. The van der Waals surface area contributed by atoms with Gasteiger partial charge in [-0.2, -0.15) is 0 Å². The van der Waals surface area contributed by atoms with Crippen LogP contribution >= 0.6 is 0 Å². The predicted molar refractivity (Wildman–Crippen MR) is 44.0 cm³/mol. The van der Waals surface area contributed by atoms with Gasteiger partial charge in [-0.3, -0.25) is 4.79 Å². The van der Waals surface area contributed by atoms with Crippen LogP contribution in [0.4, 0.5) is 0 Å². The Bertz CT molecular complexity index is 123. The van der Waals surface area contributed by atoms with Crippen LogP contribution in [0.1, 0.15) is 20.8 Å². The number of nitrogens with two attached hydrogens (primary N) is 1. The van der Waals surface area contributed by atoms with Crippen molar-refractivity contribution in [2.75, 3.05) is 13.2 Å². The number of carbonyl (C=O) groups is 1. The van der Waals surface area contributed by atoms with Crippen molar-refractivity contribution in [3.8, 4) is 0 Å². The van der Waals surface area contributed by atoms with Crippen LogP contribution in [-0.4, -0.2) is 19.1 Å². The monoisotopic (exact) mass is 159 g/mol. The summed E-state index contributed by atoms with van der Waals surface area (Å²) in [6, 6.07) is 0. The van der Waals surface area contributed by atoms with Crippen molar-refractivity contribution in [1.29, 1.82) is 0 Å². The van der Waals surface area contributed by atoms with Crippen molar-refractivity contribution < 1.29 is 9.53 Å². The van der Waals surface area contributed by atoms with Gasteiger partial charge in [0.1, 0.15) is 6.61 Å². The zero-order chi connectivity index (χ0) is 8.85. The summed E-state index contributed by atoms with van der Waals surface area (Å²) in [5, 5.41) is 0. The number of hydrogen-bond acceptors (Lipinski definition) is 3. The highest BCUT2D eigenvalue weighted by atomic mass is 16.5. The highest BCUT2D eigenvalue weighted by Crippen LogP contribution is 2.10. The molecule has 1 atom stereocenters. The molecule has 0 aliphatic rings. The van der Waals surface area contributed by atoms with Crippen LogP contribution in [-0.2, 0) is 9.53 Å². The van der Waals surface area contributed by atoms with E-state index in [4.69, 9.17) is 10.5 Å². The molecule has 0 saturated carbocycles. The molecule has 0 aromatic carbocycles. The van der Waals surface area contributed by atoms with Gasteiger partial charge in [0.15, 0.2) is 0 Å². The third-order valence-electron chi connectivity index (χ3n) is 1.73. The third kappa shape index (κ3) is 3.98. The lowest BCUT2D eigenvalue weighted by atomic mass is 9.99. The molecular formula is C8H17NO2. The smallest absolute Gasteiger partial charge is 0.308 e. The summed E-state index contributed by atoms with van der Waals surface area (Å²) in [6.07, 6.45) is 0. The van der Waals surface area contributed by atoms with Crippen LogP contribution in [0.3, 0.4) is 0 Å². The Balaban J connectivity index is 3.64. The minimum Gasteiger partial charge on any atom is -0.464 e. The van der Waals surface area contributed by atoms with E-state index in [1.54, 1.807) is 0 Å². The van der Waals surface area contributed by atoms with E-state index in [-0.39, 0.29) is 11.9 Å². The van der Waals surface area contributed by atoms with Crippen LogP contribution in [0.5, 0.6) is 0 Å². The second-order valence-electron chi connectivity index (χ2n) is 2.99. The molecule has 0 heterocycles. The van der Waals surface area contributed by atoms with Gasteiger partial charge in [-0.05, 0) is 5.92 Å². The maximum Gasteiger partial charge on any atom is 0.308 e. The molecule has 3 heteroatoms. The van der Waals surface area contributed by atoms with Gasteiger partial charge in [0.25, 0.3) is 0 Å². The lowest BCUT2D eigenvalue weighted by Crippen LogP contribution is -2.22. The van der Waals surface area contributed by atoms with Gasteiger partial charge < -0.3 is 10.5 Å². The third-order valence-corrected chi connectivity index (χ3v) is 1.73. The van der Waals surface area contributed by atoms with Crippen molar-refractivity contribution in [3.05, 3.63) is 0 Å². The largest absolute Gasteiger partial charge is 0.464 e. The van der Waals surface area contributed by atoms with E-state index in [0.717, 1.165) is 0 Å². The zero-order valence-corrected chi connectivity index (χ0v) is 7.46. The number of esters is 1. The summed E-state index contributed by atoms with van der Waals surface area (Å²) >= 11 is 0. The van der Waals surface area contributed by atoms with Crippen LogP contribution in [0.2, 0.25) is 0 Å². The molecule has 0 bridgehead atoms. The maximum atomic E-state index is 11.1. The van der Waals surface area contributed by atoms with Crippen molar-refractivity contribution >= 4 is 5.97 Å². The highest BCUT2D eigenvalue weighted by Gasteiger charge is 2.17. The molecule has 1 unspecified atom stereocenters. The molecule has 2 N–H and O–H groups in total. The van der Waals surface area contributed by atoms with Crippen LogP contribution < -0.4 is 5.73 Å². The molecule has 0 aliphatic carbocycles. The van der Waals surface area contributed by atoms with Gasteiger partial charge in [0.05, 0.1) is 5.92 Å². The molecule has 0 aromatic rings. The Morgan fingerprint density at radius 2 is 2.00 bits per heavy atom. The van der Waals surface area contributed by atoms with E-state index in [1.807, 2.05) is 20.8 Å². The molecular weight excluding hydrogens is 142 g/mol. The van der Waals surface area contributed by atoms with Gasteiger partial charge in [-0.1, -0.05) is 20.8 Å². The second-order valence-corrected chi connectivity index (χ2v) is 2.99. The van der Waals surface area contributed by atoms with E-state index in [2.05, 4.69) is 0 Å². The fourth-order valence-electron chi connectivity index (χ4n) is 0.563. The predicted octanol–water partition coefficient (Wildman–Crippen LogP) is 0.780. The Kier molecular flexibility index (Phi) is 4.86. The minimum atomic E-state index is -0.148. The van der Waals surface area contributed by atoms with E-state index in [1.165, 1.54) is 0 Å². The topological polar surface area (TPSA) is 52.3 Å². The first-order valence-corrected chi connectivity index (χ1v) is 3.96. The Morgan fingerprint density at radius 3 is 2.36 bits per heavy atom. The molecule has 0 aliphatic heterocycles. The standard InChI is InChI=1S/C8H17NO2/c1-6(2)7(3)8(10)11-5-4-9/h6-7H,4-5,9H2,1-3H3. The van der Waals surface area contributed by atoms with Gasteiger partial charge in [0, 0.05) is 6.54 Å². The lowest BCUT2D eigenvalue weighted by molar-refractivity contribution is -0.149. The van der Waals surface area contributed by atoms with Gasteiger partial charge in [-0.25, -0.2) is 0 Å². The lowest BCUT2D eigenvalue weighted by Gasteiger charge is -2.13. The van der Waals surface area contributed by atoms with Gasteiger partial charge >= 0.3 is 5.97 Å². The number of ether oxygens (including phenoxy) is 1. The Labute approximate surface area is 67.9 Å². The molecule has 0 spiro atoms. The first-order chi connectivity index (χ1) is 5.09. The molecule has 0 fully saturated rings. The molecule has 0 rings (SSSR count). The second kappa shape index (κ2) is 5.13. The highest BCUT2D eigenvalue weighted by molar-refractivity contribution is 5.72. The normalized spacial score (nSPS) is 13.2. The van der Waals surface area contributed by atoms with Gasteiger partial charge in [-0.15, -0.1) is 0 Å². The fraction of sp³-hybridized carbons (Fsp3) is 0.875. The first kappa shape index (κ1) is 10.4. The summed E-state index contributed by atoms with van der Waals surface area (Å²) in [7, 11) is 0. The van der Waals surface area contributed by atoms with E-state index in [0.29, 0.717) is 19.1 Å². The van der Waals surface area contributed by atoms with Crippen molar-refractivity contribution in [3.63, 3.8) is 0 Å². The summed E-state index contributed by atoms with van der Waals surface area (Å²) in [5.41, 5.74) is 5.18. The quantitative estimate of drug-likeness (QED) is 0.617. The maximum absolute atomic E-state index is 11.1. The number of carbonyl (C=O) groups excluding carboxylic acids is 1. The average molecular weight is 159 g/mol. The molecule has 0 aromatic heterocycles. The van der Waals surface area contributed by atoms with Gasteiger partial charge in [0.2, 0.25) is 0 Å². The summed E-state index contributed by atoms with van der Waals surface area (Å²) in [4.78, 5) is 11.1. The van der Waals surface area contributed by atoms with E-state index >= 15 is 0 Å². The summed E-state index contributed by atoms with van der Waals surface area (Å²) in [5.74, 6) is 0.160. The average Bonchev–Trinajstić information content (AvgIpc) is 1.98. The molecule has 66 valence electrons. The molecule has 11 heavy (non-hydrogen) atoms. The molecule has 0 saturated heterocycles. The SMILES string of the molecule is CC(C)C(C)C(=O)OCCN. The first-order valence-electron chi connectivity index (χ1n) is 3.96. The fourth-order valence-corrected chi connectivity index (χ4v) is 0.563.